The van der Waals surface area contributed by atoms with E-state index in [4.69, 9.17) is 16.7 Å². The fourth-order valence-electron chi connectivity index (χ4n) is 1.73. The summed E-state index contributed by atoms with van der Waals surface area (Å²) in [6.07, 6.45) is 0. The molecule has 2 aromatic rings. The van der Waals surface area contributed by atoms with Crippen molar-refractivity contribution < 1.29 is 13.2 Å². The van der Waals surface area contributed by atoms with E-state index < -0.39 is 10.0 Å². The molecule has 0 aliphatic carbocycles. The molecule has 1 heterocycles. The van der Waals surface area contributed by atoms with Crippen molar-refractivity contribution >= 4 is 44.0 Å². The SMILES string of the molecule is CC(=O)Nc1nc(C)c(-c2ccc(Cl)c(S(N)(=O)=O)c2)s1. The number of hydrogen-bond donors (Lipinski definition) is 2. The highest BCUT2D eigenvalue weighted by Gasteiger charge is 2.17. The van der Waals surface area contributed by atoms with E-state index >= 15 is 0 Å². The summed E-state index contributed by atoms with van der Waals surface area (Å²) in [5.41, 5.74) is 1.29. The van der Waals surface area contributed by atoms with Gasteiger partial charge in [-0.15, -0.1) is 0 Å². The first-order valence-corrected chi connectivity index (χ1v) is 8.50. The van der Waals surface area contributed by atoms with Gasteiger partial charge in [0.05, 0.1) is 15.6 Å². The summed E-state index contributed by atoms with van der Waals surface area (Å²) in [5.74, 6) is -0.225. The van der Waals surface area contributed by atoms with E-state index in [1.54, 1.807) is 13.0 Å². The third-order valence-corrected chi connectivity index (χ3v) is 5.09. The first kappa shape index (κ1) is 15.9. The van der Waals surface area contributed by atoms with Crippen LogP contribution in [0, 0.1) is 6.92 Å². The van der Waals surface area contributed by atoms with Gasteiger partial charge >= 0.3 is 0 Å². The van der Waals surface area contributed by atoms with Crippen molar-refractivity contribution in [3.8, 4) is 10.4 Å². The lowest BCUT2D eigenvalue weighted by Crippen LogP contribution is -2.12. The number of nitrogens with one attached hydrogen (secondary N) is 1. The lowest BCUT2D eigenvalue weighted by Gasteiger charge is -2.05. The monoisotopic (exact) mass is 345 g/mol. The maximum atomic E-state index is 11.5. The number of carbonyl (C=O) groups excluding carboxylic acids is 1. The molecule has 112 valence electrons. The highest BCUT2D eigenvalue weighted by atomic mass is 35.5. The number of anilines is 1. The molecule has 0 aliphatic rings. The van der Waals surface area contributed by atoms with E-state index in [-0.39, 0.29) is 15.8 Å². The average molecular weight is 346 g/mol. The molecule has 0 fully saturated rings. The third kappa shape index (κ3) is 3.59. The summed E-state index contributed by atoms with van der Waals surface area (Å²) in [6, 6.07) is 4.54. The van der Waals surface area contributed by atoms with Crippen molar-refractivity contribution in [3.05, 3.63) is 28.9 Å². The van der Waals surface area contributed by atoms with Gasteiger partial charge in [0.2, 0.25) is 15.9 Å². The van der Waals surface area contributed by atoms with Gasteiger partial charge in [-0.25, -0.2) is 18.5 Å². The van der Waals surface area contributed by atoms with E-state index in [1.807, 2.05) is 0 Å². The van der Waals surface area contributed by atoms with Crippen LogP contribution in [-0.2, 0) is 14.8 Å². The predicted octanol–water partition coefficient (Wildman–Crippen LogP) is 2.38. The number of aryl methyl sites for hydroxylation is 1. The molecule has 1 aromatic heterocycles. The van der Waals surface area contributed by atoms with Gasteiger partial charge in [-0.3, -0.25) is 4.79 Å². The zero-order chi connectivity index (χ0) is 15.8. The van der Waals surface area contributed by atoms with Gasteiger partial charge < -0.3 is 5.32 Å². The summed E-state index contributed by atoms with van der Waals surface area (Å²) in [4.78, 5) is 15.9. The first-order valence-electron chi connectivity index (χ1n) is 5.76. The fraction of sp³-hybridized carbons (Fsp3) is 0.167. The summed E-state index contributed by atoms with van der Waals surface area (Å²) in [5, 5.41) is 8.23. The van der Waals surface area contributed by atoms with E-state index in [0.717, 1.165) is 4.88 Å². The summed E-state index contributed by atoms with van der Waals surface area (Å²) >= 11 is 7.10. The number of nitrogens with zero attached hydrogens (tertiary/aromatic N) is 1. The van der Waals surface area contributed by atoms with Crippen LogP contribution in [0.5, 0.6) is 0 Å². The number of nitrogens with two attached hydrogens (primary N) is 1. The van der Waals surface area contributed by atoms with Crippen LogP contribution in [0.1, 0.15) is 12.6 Å². The van der Waals surface area contributed by atoms with Gasteiger partial charge in [0, 0.05) is 6.92 Å². The standard InChI is InChI=1S/C12H12ClN3O3S2/c1-6-11(20-12(15-6)16-7(2)17)8-3-4-9(13)10(5-8)21(14,18)19/h3-5H,1-2H3,(H2,14,18,19)(H,15,16,17). The number of primary sulfonamides is 1. The van der Waals surface area contributed by atoms with Crippen LogP contribution in [0.15, 0.2) is 23.1 Å². The Morgan fingerprint density at radius 2 is 2.10 bits per heavy atom. The zero-order valence-corrected chi connectivity index (χ0v) is 13.6. The minimum Gasteiger partial charge on any atom is -0.302 e. The summed E-state index contributed by atoms with van der Waals surface area (Å²) in [6.45, 7) is 3.15. The van der Waals surface area contributed by atoms with Gasteiger partial charge in [-0.2, -0.15) is 0 Å². The Balaban J connectivity index is 2.53. The lowest BCUT2D eigenvalue weighted by molar-refractivity contribution is -0.114. The smallest absolute Gasteiger partial charge is 0.239 e. The summed E-state index contributed by atoms with van der Waals surface area (Å²) in [7, 11) is -3.91. The number of amides is 1. The van der Waals surface area contributed by atoms with Gasteiger partial charge in [-0.05, 0) is 24.6 Å². The molecule has 6 nitrogen and oxygen atoms in total. The minimum atomic E-state index is -3.91. The molecule has 21 heavy (non-hydrogen) atoms. The zero-order valence-electron chi connectivity index (χ0n) is 11.2. The van der Waals surface area contributed by atoms with Crippen molar-refractivity contribution in [2.24, 2.45) is 5.14 Å². The van der Waals surface area contributed by atoms with Crippen molar-refractivity contribution in [1.29, 1.82) is 0 Å². The molecule has 2 rings (SSSR count). The fourth-order valence-corrected chi connectivity index (χ4v) is 3.81. The number of hydrogen-bond acceptors (Lipinski definition) is 5. The molecular formula is C12H12ClN3O3S2. The third-order valence-electron chi connectivity index (χ3n) is 2.58. The van der Waals surface area contributed by atoms with Crippen LogP contribution in [0.4, 0.5) is 5.13 Å². The number of thiazole rings is 1. The van der Waals surface area contributed by atoms with Gasteiger partial charge in [-0.1, -0.05) is 29.0 Å². The molecule has 1 aromatic carbocycles. The van der Waals surface area contributed by atoms with Crippen LogP contribution in [0.25, 0.3) is 10.4 Å². The second-order valence-corrected chi connectivity index (χ2v) is 7.24. The molecule has 0 radical (unpaired) electrons. The van der Waals surface area contributed by atoms with Crippen molar-refractivity contribution in [2.75, 3.05) is 5.32 Å². The number of benzene rings is 1. The molecule has 0 spiro atoms. The Morgan fingerprint density at radius 3 is 2.67 bits per heavy atom. The number of carbonyl (C=O) groups is 1. The molecule has 9 heteroatoms. The van der Waals surface area contributed by atoms with Crippen LogP contribution >= 0.6 is 22.9 Å². The molecule has 1 amide bonds. The van der Waals surface area contributed by atoms with Crippen LogP contribution in [-0.4, -0.2) is 19.3 Å². The predicted molar refractivity (Wildman–Crippen MR) is 83.0 cm³/mol. The maximum absolute atomic E-state index is 11.5. The van der Waals surface area contributed by atoms with Gasteiger partial charge in [0.15, 0.2) is 5.13 Å². The number of halogens is 1. The Labute approximate surface area is 131 Å². The van der Waals surface area contributed by atoms with Gasteiger partial charge in [0.25, 0.3) is 0 Å². The molecular weight excluding hydrogens is 334 g/mol. The minimum absolute atomic E-state index is 0.0607. The Hall–Kier alpha value is -1.48. The van der Waals surface area contributed by atoms with Crippen molar-refractivity contribution in [1.82, 2.24) is 4.98 Å². The second-order valence-electron chi connectivity index (χ2n) is 4.30. The van der Waals surface area contributed by atoms with E-state index in [0.29, 0.717) is 16.4 Å². The van der Waals surface area contributed by atoms with Crippen molar-refractivity contribution in [2.45, 2.75) is 18.7 Å². The quantitative estimate of drug-likeness (QED) is 0.891. The Kier molecular flexibility index (Phi) is 4.33. The van der Waals surface area contributed by atoms with E-state index in [1.165, 1.54) is 30.4 Å². The highest BCUT2D eigenvalue weighted by Crippen LogP contribution is 2.35. The topological polar surface area (TPSA) is 102 Å². The van der Waals surface area contributed by atoms with Crippen LogP contribution in [0.2, 0.25) is 5.02 Å². The molecule has 0 atom stereocenters. The molecule has 0 aliphatic heterocycles. The maximum Gasteiger partial charge on any atom is 0.239 e. The van der Waals surface area contributed by atoms with Crippen molar-refractivity contribution in [3.63, 3.8) is 0 Å². The first-order chi connectivity index (χ1) is 9.68. The lowest BCUT2D eigenvalue weighted by atomic mass is 10.2. The Morgan fingerprint density at radius 1 is 1.43 bits per heavy atom. The van der Waals surface area contributed by atoms with Crippen LogP contribution in [0.3, 0.4) is 0 Å². The normalized spacial score (nSPS) is 11.4. The van der Waals surface area contributed by atoms with E-state index in [9.17, 15) is 13.2 Å². The van der Waals surface area contributed by atoms with Gasteiger partial charge in [0.1, 0.15) is 4.90 Å². The molecule has 0 saturated carbocycles. The number of aromatic nitrogens is 1. The largest absolute Gasteiger partial charge is 0.302 e. The number of rotatable bonds is 3. The Bertz CT molecular complexity index is 815. The summed E-state index contributed by atoms with van der Waals surface area (Å²) < 4.78 is 23.0. The second kappa shape index (κ2) is 5.72. The van der Waals surface area contributed by atoms with Crippen LogP contribution < -0.4 is 10.5 Å². The average Bonchev–Trinajstić information content (AvgIpc) is 2.68. The number of sulfonamides is 1. The molecule has 0 unspecified atom stereocenters. The molecule has 0 bridgehead atoms. The molecule has 0 saturated heterocycles. The molecule has 3 N–H and O–H groups in total. The highest BCUT2D eigenvalue weighted by molar-refractivity contribution is 7.89. The van der Waals surface area contributed by atoms with E-state index in [2.05, 4.69) is 10.3 Å².